The number of aryl methyl sites for hydroxylation is 1. The monoisotopic (exact) mass is 389 g/mol. The Labute approximate surface area is 159 Å². The second kappa shape index (κ2) is 7.80. The van der Waals surface area contributed by atoms with Crippen LogP contribution in [0.25, 0.3) is 0 Å². The largest absolute Gasteiger partial charge is 0.333 e. The van der Waals surface area contributed by atoms with Crippen LogP contribution in [0.15, 0.2) is 53.4 Å². The molecule has 4 nitrogen and oxygen atoms in total. The Morgan fingerprint density at radius 2 is 1.85 bits per heavy atom. The fourth-order valence-electron chi connectivity index (χ4n) is 3.71. The van der Waals surface area contributed by atoms with Gasteiger partial charge in [-0.25, -0.2) is 12.8 Å². The average Bonchev–Trinajstić information content (AvgIpc) is 3.00. The van der Waals surface area contributed by atoms with Crippen LogP contribution in [-0.4, -0.2) is 37.6 Å². The molecule has 0 aliphatic carbocycles. The molecule has 2 aromatic rings. The number of carbonyl (C=O) groups excluding carboxylic acids is 1. The van der Waals surface area contributed by atoms with E-state index >= 15 is 0 Å². The molecule has 1 aliphatic heterocycles. The maximum Gasteiger partial charge on any atom is 0.254 e. The summed E-state index contributed by atoms with van der Waals surface area (Å²) in [4.78, 5) is 15.1. The van der Waals surface area contributed by atoms with E-state index in [0.717, 1.165) is 37.5 Å². The molecular weight excluding hydrogens is 365 g/mol. The fourth-order valence-corrected chi connectivity index (χ4v) is 4.38. The van der Waals surface area contributed by atoms with Gasteiger partial charge in [0.25, 0.3) is 5.91 Å². The summed E-state index contributed by atoms with van der Waals surface area (Å²) >= 11 is 0. The van der Waals surface area contributed by atoms with E-state index in [1.54, 1.807) is 24.3 Å². The minimum absolute atomic E-state index is 0.0967. The molecule has 1 heterocycles. The highest BCUT2D eigenvalue weighted by Gasteiger charge is 2.34. The fraction of sp³-hybridized carbons (Fsp3) is 0.381. The molecule has 1 saturated heterocycles. The first-order valence-corrected chi connectivity index (χ1v) is 11.0. The lowest BCUT2D eigenvalue weighted by atomic mass is 10.0. The van der Waals surface area contributed by atoms with Gasteiger partial charge in [0.2, 0.25) is 0 Å². The highest BCUT2D eigenvalue weighted by atomic mass is 32.2. The Balaban J connectivity index is 1.76. The van der Waals surface area contributed by atoms with Crippen molar-refractivity contribution in [2.24, 2.45) is 0 Å². The molecule has 1 amide bonds. The zero-order valence-electron chi connectivity index (χ0n) is 15.6. The van der Waals surface area contributed by atoms with E-state index in [-0.39, 0.29) is 28.7 Å². The van der Waals surface area contributed by atoms with E-state index in [0.29, 0.717) is 5.56 Å². The Kier molecular flexibility index (Phi) is 5.65. The van der Waals surface area contributed by atoms with Crippen LogP contribution in [0.2, 0.25) is 0 Å². The van der Waals surface area contributed by atoms with Crippen LogP contribution in [0, 0.1) is 5.82 Å². The predicted molar refractivity (Wildman–Crippen MR) is 103 cm³/mol. The summed E-state index contributed by atoms with van der Waals surface area (Å²) in [5, 5.41) is 0. The number of nitrogens with zero attached hydrogens (tertiary/aromatic N) is 1. The SMILES string of the molecule is C[C@@H]1CC[C@H](CCc2ccc(F)cc2)N1C(=O)c1cccc(S(C)(=O)=O)c1. The van der Waals surface area contributed by atoms with Gasteiger partial charge in [-0.05, 0) is 68.5 Å². The van der Waals surface area contributed by atoms with Gasteiger partial charge in [-0.1, -0.05) is 18.2 Å². The number of hydrogen-bond donors (Lipinski definition) is 0. The van der Waals surface area contributed by atoms with E-state index in [2.05, 4.69) is 0 Å². The first-order chi connectivity index (χ1) is 12.8. The average molecular weight is 389 g/mol. The molecule has 0 N–H and O–H groups in total. The van der Waals surface area contributed by atoms with E-state index in [1.165, 1.54) is 24.3 Å². The molecule has 1 aliphatic rings. The number of hydrogen-bond acceptors (Lipinski definition) is 3. The summed E-state index contributed by atoms with van der Waals surface area (Å²) in [7, 11) is -3.36. The van der Waals surface area contributed by atoms with Crippen molar-refractivity contribution in [2.45, 2.75) is 49.6 Å². The molecule has 1 fully saturated rings. The van der Waals surface area contributed by atoms with Crippen molar-refractivity contribution < 1.29 is 17.6 Å². The lowest BCUT2D eigenvalue weighted by Gasteiger charge is -2.29. The third kappa shape index (κ3) is 4.56. The van der Waals surface area contributed by atoms with E-state index in [4.69, 9.17) is 0 Å². The molecule has 6 heteroatoms. The van der Waals surface area contributed by atoms with Crippen LogP contribution in [0.4, 0.5) is 4.39 Å². The topological polar surface area (TPSA) is 54.5 Å². The number of carbonyl (C=O) groups is 1. The summed E-state index contributed by atoms with van der Waals surface area (Å²) in [6.45, 7) is 2.02. The molecular formula is C21H24FNO3S. The van der Waals surface area contributed by atoms with Gasteiger partial charge >= 0.3 is 0 Å². The van der Waals surface area contributed by atoms with E-state index in [1.807, 2.05) is 11.8 Å². The summed E-state index contributed by atoms with van der Waals surface area (Å²) in [6.07, 6.45) is 4.55. The summed E-state index contributed by atoms with van der Waals surface area (Å²) < 4.78 is 36.6. The Morgan fingerprint density at radius 1 is 1.15 bits per heavy atom. The van der Waals surface area contributed by atoms with Gasteiger partial charge in [-0.3, -0.25) is 4.79 Å². The summed E-state index contributed by atoms with van der Waals surface area (Å²) in [6, 6.07) is 12.9. The molecule has 144 valence electrons. The number of sulfone groups is 1. The van der Waals surface area contributed by atoms with Crippen molar-refractivity contribution >= 4 is 15.7 Å². The summed E-state index contributed by atoms with van der Waals surface area (Å²) in [5.74, 6) is -0.384. The second-order valence-corrected chi connectivity index (χ2v) is 9.27. The lowest BCUT2D eigenvalue weighted by Crippen LogP contribution is -2.40. The van der Waals surface area contributed by atoms with Crippen LogP contribution in [0.3, 0.4) is 0 Å². The highest BCUT2D eigenvalue weighted by Crippen LogP contribution is 2.29. The lowest BCUT2D eigenvalue weighted by molar-refractivity contribution is 0.0672. The van der Waals surface area contributed by atoms with Gasteiger partial charge in [-0.15, -0.1) is 0 Å². The maximum atomic E-state index is 13.1. The third-order valence-electron chi connectivity index (χ3n) is 5.21. The first-order valence-electron chi connectivity index (χ1n) is 9.13. The molecule has 0 radical (unpaired) electrons. The Hall–Kier alpha value is -2.21. The number of likely N-dealkylation sites (tertiary alicyclic amines) is 1. The van der Waals surface area contributed by atoms with Crippen LogP contribution in [0.5, 0.6) is 0 Å². The standard InChI is InChI=1S/C21H24FNO3S/c1-15-6-12-19(13-9-16-7-10-18(22)11-8-16)23(15)21(24)17-4-3-5-20(14-17)27(2,25)26/h3-5,7-8,10-11,14-15,19H,6,9,12-13H2,1-2H3/t15-,19-/m1/s1. The molecule has 0 unspecified atom stereocenters. The second-order valence-electron chi connectivity index (χ2n) is 7.26. The number of halogens is 1. The number of rotatable bonds is 5. The molecule has 27 heavy (non-hydrogen) atoms. The van der Waals surface area contributed by atoms with Crippen molar-refractivity contribution in [2.75, 3.05) is 6.26 Å². The van der Waals surface area contributed by atoms with Crippen molar-refractivity contribution in [1.82, 2.24) is 4.90 Å². The number of benzene rings is 2. The van der Waals surface area contributed by atoms with Crippen LogP contribution in [0.1, 0.15) is 42.1 Å². The summed E-state index contributed by atoms with van der Waals surface area (Å²) in [5.41, 5.74) is 1.45. The third-order valence-corrected chi connectivity index (χ3v) is 6.32. The smallest absolute Gasteiger partial charge is 0.254 e. The normalized spacial score (nSPS) is 20.0. The van der Waals surface area contributed by atoms with Crippen molar-refractivity contribution in [3.8, 4) is 0 Å². The van der Waals surface area contributed by atoms with Gasteiger partial charge in [0.1, 0.15) is 5.82 Å². The minimum Gasteiger partial charge on any atom is -0.333 e. The Morgan fingerprint density at radius 3 is 2.52 bits per heavy atom. The van der Waals surface area contributed by atoms with Crippen molar-refractivity contribution in [3.63, 3.8) is 0 Å². The zero-order valence-corrected chi connectivity index (χ0v) is 16.4. The molecule has 0 aromatic heterocycles. The highest BCUT2D eigenvalue weighted by molar-refractivity contribution is 7.90. The van der Waals surface area contributed by atoms with Crippen molar-refractivity contribution in [3.05, 3.63) is 65.5 Å². The Bertz CT molecular complexity index is 925. The van der Waals surface area contributed by atoms with Crippen LogP contribution < -0.4 is 0 Å². The maximum absolute atomic E-state index is 13.1. The van der Waals surface area contributed by atoms with Gasteiger partial charge in [0.05, 0.1) is 4.90 Å². The van der Waals surface area contributed by atoms with Gasteiger partial charge in [0.15, 0.2) is 9.84 Å². The molecule has 0 bridgehead atoms. The zero-order chi connectivity index (χ0) is 19.6. The molecule has 2 aromatic carbocycles. The van der Waals surface area contributed by atoms with Crippen LogP contribution >= 0.6 is 0 Å². The number of amides is 1. The predicted octanol–water partition coefficient (Wildman–Crippen LogP) is 3.86. The van der Waals surface area contributed by atoms with Gasteiger partial charge in [0, 0.05) is 23.9 Å². The van der Waals surface area contributed by atoms with E-state index in [9.17, 15) is 17.6 Å². The first kappa shape index (κ1) is 19.5. The van der Waals surface area contributed by atoms with Gasteiger partial charge in [-0.2, -0.15) is 0 Å². The molecule has 0 spiro atoms. The van der Waals surface area contributed by atoms with Gasteiger partial charge < -0.3 is 4.90 Å². The quantitative estimate of drug-likeness (QED) is 0.780. The van der Waals surface area contributed by atoms with Crippen molar-refractivity contribution in [1.29, 1.82) is 0 Å². The molecule has 0 saturated carbocycles. The van der Waals surface area contributed by atoms with E-state index < -0.39 is 9.84 Å². The molecule has 3 rings (SSSR count). The minimum atomic E-state index is -3.36. The molecule has 2 atom stereocenters. The van der Waals surface area contributed by atoms with Crippen LogP contribution in [-0.2, 0) is 16.3 Å².